The molecule has 1 amide bonds. The van der Waals surface area contributed by atoms with Gasteiger partial charge in [0, 0.05) is 32.4 Å². The van der Waals surface area contributed by atoms with Crippen LogP contribution in [0.4, 0.5) is 16.3 Å². The van der Waals surface area contributed by atoms with Gasteiger partial charge in [0.25, 0.3) is 0 Å². The van der Waals surface area contributed by atoms with Crippen LogP contribution in [-0.2, 0) is 4.74 Å². The monoisotopic (exact) mass is 356 g/mol. The fraction of sp³-hybridized carbons (Fsp3) is 0.333. The highest BCUT2D eigenvalue weighted by molar-refractivity contribution is 5.80. The lowest BCUT2D eigenvalue weighted by atomic mass is 10.0. The van der Waals surface area contributed by atoms with E-state index in [0.29, 0.717) is 44.2 Å². The molecular weight excluding hydrogens is 336 g/mol. The van der Waals surface area contributed by atoms with E-state index in [1.807, 2.05) is 35.2 Å². The number of carbonyl (C=O) groups excluding carboxylic acids is 1. The Balaban J connectivity index is 1.87. The van der Waals surface area contributed by atoms with E-state index in [-0.39, 0.29) is 16.7 Å². The summed E-state index contributed by atoms with van der Waals surface area (Å²) in [5.74, 6) is 0.333. The van der Waals surface area contributed by atoms with Crippen molar-refractivity contribution in [2.75, 3.05) is 37.7 Å². The number of nitrogens with zero attached hydrogens (tertiary/aromatic N) is 4. The highest BCUT2D eigenvalue weighted by Crippen LogP contribution is 2.36. The molecule has 136 valence electrons. The molecule has 1 saturated heterocycles. The second kappa shape index (κ2) is 7.81. The number of benzene rings is 1. The van der Waals surface area contributed by atoms with E-state index in [9.17, 15) is 14.9 Å². The molecule has 0 radical (unpaired) electrons. The van der Waals surface area contributed by atoms with Crippen LogP contribution in [0.25, 0.3) is 11.1 Å². The van der Waals surface area contributed by atoms with E-state index in [4.69, 9.17) is 4.74 Å². The summed E-state index contributed by atoms with van der Waals surface area (Å²) >= 11 is 0. The summed E-state index contributed by atoms with van der Waals surface area (Å²) in [6, 6.07) is 10.9. The van der Waals surface area contributed by atoms with Crippen LogP contribution < -0.4 is 4.90 Å². The largest absolute Gasteiger partial charge is 0.450 e. The van der Waals surface area contributed by atoms with Crippen molar-refractivity contribution < 1.29 is 14.5 Å². The topological polar surface area (TPSA) is 88.8 Å². The van der Waals surface area contributed by atoms with Gasteiger partial charge in [0.2, 0.25) is 5.82 Å². The lowest BCUT2D eigenvalue weighted by molar-refractivity contribution is -0.383. The van der Waals surface area contributed by atoms with Gasteiger partial charge in [0.15, 0.2) is 0 Å². The van der Waals surface area contributed by atoms with Gasteiger partial charge in [-0.05, 0) is 18.6 Å². The summed E-state index contributed by atoms with van der Waals surface area (Å²) in [6.45, 7) is 3.89. The van der Waals surface area contributed by atoms with Gasteiger partial charge in [-0.2, -0.15) is 0 Å². The predicted molar refractivity (Wildman–Crippen MR) is 97.1 cm³/mol. The lowest BCUT2D eigenvalue weighted by Gasteiger charge is -2.34. The number of carbonyl (C=O) groups is 1. The molecule has 1 aromatic heterocycles. The maximum absolute atomic E-state index is 11.8. The van der Waals surface area contributed by atoms with Crippen molar-refractivity contribution in [3.05, 3.63) is 52.7 Å². The predicted octanol–water partition coefficient (Wildman–Crippen LogP) is 2.94. The Labute approximate surface area is 151 Å². The Hall–Kier alpha value is -3.16. The van der Waals surface area contributed by atoms with Crippen LogP contribution in [0.3, 0.4) is 0 Å². The molecule has 0 aliphatic carbocycles. The molecule has 0 unspecified atom stereocenters. The van der Waals surface area contributed by atoms with Crippen molar-refractivity contribution in [2.45, 2.75) is 6.92 Å². The summed E-state index contributed by atoms with van der Waals surface area (Å²) in [6.07, 6.45) is 1.23. The number of rotatable bonds is 4. The van der Waals surface area contributed by atoms with Crippen molar-refractivity contribution in [2.24, 2.45) is 0 Å². The molecule has 1 aliphatic heterocycles. The quantitative estimate of drug-likeness (QED) is 0.618. The van der Waals surface area contributed by atoms with E-state index in [2.05, 4.69) is 4.98 Å². The number of aromatic nitrogens is 1. The minimum absolute atomic E-state index is 0.0108. The third-order valence-corrected chi connectivity index (χ3v) is 4.28. The van der Waals surface area contributed by atoms with Crippen LogP contribution in [0.15, 0.2) is 42.6 Å². The van der Waals surface area contributed by atoms with Crippen LogP contribution in [0.1, 0.15) is 6.92 Å². The van der Waals surface area contributed by atoms with E-state index in [1.54, 1.807) is 24.1 Å². The highest BCUT2D eigenvalue weighted by Gasteiger charge is 2.29. The van der Waals surface area contributed by atoms with Crippen molar-refractivity contribution in [3.8, 4) is 11.1 Å². The third-order valence-electron chi connectivity index (χ3n) is 4.28. The Morgan fingerprint density at radius 1 is 1.19 bits per heavy atom. The molecule has 3 rings (SSSR count). The molecule has 0 bridgehead atoms. The molecule has 1 aliphatic rings. The summed E-state index contributed by atoms with van der Waals surface area (Å²) in [7, 11) is 0. The average molecular weight is 356 g/mol. The van der Waals surface area contributed by atoms with Crippen molar-refractivity contribution in [1.29, 1.82) is 0 Å². The van der Waals surface area contributed by atoms with Gasteiger partial charge in [-0.25, -0.2) is 9.78 Å². The first-order valence-corrected chi connectivity index (χ1v) is 8.47. The molecular formula is C18H20N4O4. The van der Waals surface area contributed by atoms with E-state index >= 15 is 0 Å². The number of hydrogen-bond acceptors (Lipinski definition) is 6. The summed E-state index contributed by atoms with van der Waals surface area (Å²) in [5, 5.41) is 11.8. The zero-order chi connectivity index (χ0) is 18.5. The zero-order valence-corrected chi connectivity index (χ0v) is 14.5. The minimum atomic E-state index is -0.387. The number of piperazine rings is 1. The summed E-state index contributed by atoms with van der Waals surface area (Å²) in [4.78, 5) is 30.9. The molecule has 8 nitrogen and oxygen atoms in total. The molecule has 0 N–H and O–H groups in total. The lowest BCUT2D eigenvalue weighted by Crippen LogP contribution is -2.49. The normalized spacial score (nSPS) is 14.2. The average Bonchev–Trinajstić information content (AvgIpc) is 2.68. The van der Waals surface area contributed by atoms with Crippen LogP contribution in [0, 0.1) is 10.1 Å². The number of nitro groups is 1. The molecule has 2 heterocycles. The van der Waals surface area contributed by atoms with Crippen molar-refractivity contribution >= 4 is 17.6 Å². The first-order chi connectivity index (χ1) is 12.6. The van der Waals surface area contributed by atoms with Gasteiger partial charge < -0.3 is 14.5 Å². The molecule has 1 aromatic carbocycles. The fourth-order valence-electron chi connectivity index (χ4n) is 3.02. The van der Waals surface area contributed by atoms with Gasteiger partial charge >= 0.3 is 11.8 Å². The first kappa shape index (κ1) is 17.7. The van der Waals surface area contributed by atoms with Crippen LogP contribution in [0.5, 0.6) is 0 Å². The molecule has 0 saturated carbocycles. The Bertz CT molecular complexity index is 789. The first-order valence-electron chi connectivity index (χ1n) is 8.47. The Morgan fingerprint density at radius 2 is 1.88 bits per heavy atom. The standard InChI is InChI=1S/C18H20N4O4/c1-2-26-18(23)21-12-10-20(11-13-21)17-16(22(24)25)15(8-9-19-17)14-6-4-3-5-7-14/h3-9H,2,10-13H2,1H3. The van der Waals surface area contributed by atoms with E-state index < -0.39 is 0 Å². The van der Waals surface area contributed by atoms with Crippen LogP contribution in [0.2, 0.25) is 0 Å². The zero-order valence-electron chi connectivity index (χ0n) is 14.5. The van der Waals surface area contributed by atoms with E-state index in [1.165, 1.54) is 0 Å². The van der Waals surface area contributed by atoms with Gasteiger partial charge in [0.05, 0.1) is 17.1 Å². The second-order valence-electron chi connectivity index (χ2n) is 5.83. The smallest absolute Gasteiger partial charge is 0.409 e. The molecule has 2 aromatic rings. The molecule has 0 spiro atoms. The maximum atomic E-state index is 11.8. The molecule has 8 heteroatoms. The van der Waals surface area contributed by atoms with Crippen molar-refractivity contribution in [3.63, 3.8) is 0 Å². The molecule has 0 atom stereocenters. The van der Waals surface area contributed by atoms with Crippen LogP contribution >= 0.6 is 0 Å². The maximum Gasteiger partial charge on any atom is 0.409 e. The van der Waals surface area contributed by atoms with Gasteiger partial charge in [-0.3, -0.25) is 10.1 Å². The third kappa shape index (κ3) is 3.58. The second-order valence-corrected chi connectivity index (χ2v) is 5.83. The van der Waals surface area contributed by atoms with Gasteiger partial charge in [-0.1, -0.05) is 30.3 Å². The summed E-state index contributed by atoms with van der Waals surface area (Å²) in [5.41, 5.74) is 1.30. The SMILES string of the molecule is CCOC(=O)N1CCN(c2nccc(-c3ccccc3)c2[N+](=O)[O-])CC1. The van der Waals surface area contributed by atoms with Crippen molar-refractivity contribution in [1.82, 2.24) is 9.88 Å². The number of anilines is 1. The number of ether oxygens (including phenoxy) is 1. The fourth-order valence-corrected chi connectivity index (χ4v) is 3.02. The number of amides is 1. The Kier molecular flexibility index (Phi) is 5.31. The van der Waals surface area contributed by atoms with Gasteiger partial charge in [-0.15, -0.1) is 0 Å². The Morgan fingerprint density at radius 3 is 2.50 bits per heavy atom. The number of hydrogen-bond donors (Lipinski definition) is 0. The molecule has 26 heavy (non-hydrogen) atoms. The minimum Gasteiger partial charge on any atom is -0.450 e. The van der Waals surface area contributed by atoms with Gasteiger partial charge in [0.1, 0.15) is 0 Å². The van der Waals surface area contributed by atoms with E-state index in [0.717, 1.165) is 5.56 Å². The molecule has 1 fully saturated rings. The highest BCUT2D eigenvalue weighted by atomic mass is 16.6. The summed E-state index contributed by atoms with van der Waals surface area (Å²) < 4.78 is 5.01. The number of pyridine rings is 1. The van der Waals surface area contributed by atoms with Crippen LogP contribution in [-0.4, -0.2) is 53.7 Å².